The van der Waals surface area contributed by atoms with Gasteiger partial charge in [-0.25, -0.2) is 14.4 Å². The first-order valence-corrected chi connectivity index (χ1v) is 14.8. The van der Waals surface area contributed by atoms with E-state index in [0.29, 0.717) is 54.5 Å². The molecule has 0 bridgehead atoms. The van der Waals surface area contributed by atoms with Crippen LogP contribution >= 0.6 is 0 Å². The average Bonchev–Trinajstić information content (AvgIpc) is 3.64. The predicted molar refractivity (Wildman–Crippen MR) is 168 cm³/mol. The molecule has 2 aliphatic heterocycles. The summed E-state index contributed by atoms with van der Waals surface area (Å²) in [6.07, 6.45) is 6.82. The van der Waals surface area contributed by atoms with Crippen molar-refractivity contribution in [2.45, 2.75) is 18.8 Å². The number of fused-ring (bicyclic) bond motifs is 3. The van der Waals surface area contributed by atoms with Crippen LogP contribution in [0.5, 0.6) is 5.75 Å². The summed E-state index contributed by atoms with van der Waals surface area (Å²) in [4.78, 5) is 24.0. The second kappa shape index (κ2) is 12.6. The van der Waals surface area contributed by atoms with E-state index in [4.69, 9.17) is 14.2 Å². The Morgan fingerprint density at radius 2 is 1.93 bits per heavy atom. The molecule has 2 unspecified atom stereocenters. The molecule has 0 saturated carbocycles. The number of methoxy groups -OCH3 is 1. The van der Waals surface area contributed by atoms with Crippen molar-refractivity contribution < 1.29 is 23.4 Å². The third-order valence-electron chi connectivity index (χ3n) is 8.01. The number of ether oxygens (including phenoxy) is 3. The van der Waals surface area contributed by atoms with Crippen LogP contribution in [0, 0.1) is 5.82 Å². The van der Waals surface area contributed by atoms with Crippen molar-refractivity contribution in [1.29, 1.82) is 0 Å². The van der Waals surface area contributed by atoms with E-state index in [9.17, 15) is 9.18 Å². The summed E-state index contributed by atoms with van der Waals surface area (Å²) in [7, 11) is 1.55. The molecule has 5 aromatic rings. The molecule has 0 aliphatic carbocycles. The molecule has 7 rings (SSSR count). The van der Waals surface area contributed by atoms with Crippen molar-refractivity contribution in [2.24, 2.45) is 0 Å². The van der Waals surface area contributed by atoms with Gasteiger partial charge in [-0.05, 0) is 42.0 Å². The summed E-state index contributed by atoms with van der Waals surface area (Å²) in [5, 5.41) is 12.4. The number of hydrogen-bond acceptors (Lipinski definition) is 9. The second-order valence-electron chi connectivity index (χ2n) is 11.1. The van der Waals surface area contributed by atoms with Crippen molar-refractivity contribution in [1.82, 2.24) is 24.6 Å². The molecule has 230 valence electrons. The molecule has 2 aliphatic rings. The summed E-state index contributed by atoms with van der Waals surface area (Å²) in [6, 6.07) is 16.0. The molecule has 2 saturated heterocycles. The Morgan fingerprint density at radius 3 is 2.73 bits per heavy atom. The molecule has 0 radical (unpaired) electrons. The molecule has 1 amide bonds. The molecular weight excluding hydrogens is 577 g/mol. The van der Waals surface area contributed by atoms with Gasteiger partial charge in [0.2, 0.25) is 5.91 Å². The molecular formula is C33H32FN7O4. The van der Waals surface area contributed by atoms with Gasteiger partial charge in [-0.2, -0.15) is 5.10 Å². The predicted octanol–water partition coefficient (Wildman–Crippen LogP) is 4.51. The molecule has 11 nitrogen and oxygen atoms in total. The lowest BCUT2D eigenvalue weighted by atomic mass is 10.1. The maximum absolute atomic E-state index is 13.7. The quantitative estimate of drug-likeness (QED) is 0.233. The van der Waals surface area contributed by atoms with E-state index in [1.807, 2.05) is 35.0 Å². The van der Waals surface area contributed by atoms with Crippen molar-refractivity contribution >= 4 is 44.9 Å². The van der Waals surface area contributed by atoms with Crippen LogP contribution in [-0.2, 0) is 20.8 Å². The van der Waals surface area contributed by atoms with Crippen LogP contribution in [0.15, 0.2) is 79.3 Å². The van der Waals surface area contributed by atoms with Gasteiger partial charge in [0, 0.05) is 48.2 Å². The van der Waals surface area contributed by atoms with E-state index >= 15 is 0 Å². The number of nitrogens with zero attached hydrogens (tertiary/aromatic N) is 5. The highest BCUT2D eigenvalue weighted by Crippen LogP contribution is 2.33. The third kappa shape index (κ3) is 6.34. The second-order valence-corrected chi connectivity index (χ2v) is 11.1. The zero-order chi connectivity index (χ0) is 30.8. The van der Waals surface area contributed by atoms with Gasteiger partial charge < -0.3 is 24.8 Å². The van der Waals surface area contributed by atoms with Crippen LogP contribution < -0.4 is 15.4 Å². The van der Waals surface area contributed by atoms with Crippen molar-refractivity contribution in [3.63, 3.8) is 0 Å². The van der Waals surface area contributed by atoms with E-state index in [1.165, 1.54) is 24.5 Å². The summed E-state index contributed by atoms with van der Waals surface area (Å²) >= 11 is 0. The summed E-state index contributed by atoms with van der Waals surface area (Å²) in [5.41, 5.74) is 3.71. The number of hydrogen-bond donors (Lipinski definition) is 2. The van der Waals surface area contributed by atoms with Crippen LogP contribution in [0.2, 0.25) is 0 Å². The Bertz CT molecular complexity index is 1880. The standard InChI is InChI=1S/C33H32FN7O4/c1-43-29-15-26-25(14-27(29)39-32(42)6-3-9-40-18-30-31(19-40)45-11-10-44-30)33(36-20-35-26)38-24-7-8-28-22(13-24)16-37-41(28)17-21-4-2-5-23(34)12-21/h2-8,12-16,20,30-31H,9-11,17-19H2,1H3,(H,39,42)(H,35,36,38)/b6-3+. The minimum Gasteiger partial charge on any atom is -0.494 e. The first-order chi connectivity index (χ1) is 22.0. The van der Waals surface area contributed by atoms with Crippen LogP contribution in [0.4, 0.5) is 21.6 Å². The SMILES string of the molecule is COc1cc2ncnc(Nc3ccc4c(cnn4Cc4cccc(F)c4)c3)c2cc1NC(=O)/C=C/CN1CC2OCCOC2C1. The number of carbonyl (C=O) groups excluding carboxylic acids is 1. The molecule has 2 N–H and O–H groups in total. The van der Waals surface area contributed by atoms with Gasteiger partial charge in [-0.3, -0.25) is 14.4 Å². The smallest absolute Gasteiger partial charge is 0.248 e. The number of benzene rings is 3. The van der Waals surface area contributed by atoms with E-state index in [0.717, 1.165) is 35.2 Å². The van der Waals surface area contributed by atoms with Crippen LogP contribution in [-0.4, -0.2) is 82.7 Å². The Kier molecular flexibility index (Phi) is 8.07. The largest absolute Gasteiger partial charge is 0.494 e. The van der Waals surface area contributed by atoms with E-state index in [1.54, 1.807) is 31.5 Å². The summed E-state index contributed by atoms with van der Waals surface area (Å²) < 4.78 is 32.6. The van der Waals surface area contributed by atoms with Gasteiger partial charge in [0.05, 0.1) is 62.0 Å². The van der Waals surface area contributed by atoms with Crippen LogP contribution in [0.3, 0.4) is 0 Å². The Morgan fingerprint density at radius 1 is 1.09 bits per heavy atom. The molecule has 2 atom stereocenters. The topological polar surface area (TPSA) is 116 Å². The number of nitrogens with one attached hydrogen (secondary N) is 2. The zero-order valence-corrected chi connectivity index (χ0v) is 24.6. The van der Waals surface area contributed by atoms with Crippen molar-refractivity contribution in [3.05, 3.63) is 90.7 Å². The van der Waals surface area contributed by atoms with Crippen LogP contribution in [0.25, 0.3) is 21.8 Å². The van der Waals surface area contributed by atoms with Crippen LogP contribution in [0.1, 0.15) is 5.56 Å². The maximum atomic E-state index is 13.7. The Balaban J connectivity index is 1.06. The first-order valence-electron chi connectivity index (χ1n) is 14.8. The molecule has 2 fully saturated rings. The van der Waals surface area contributed by atoms with Gasteiger partial charge >= 0.3 is 0 Å². The number of likely N-dealkylation sites (tertiary alicyclic amines) is 1. The molecule has 45 heavy (non-hydrogen) atoms. The van der Waals surface area contributed by atoms with Crippen molar-refractivity contribution in [3.8, 4) is 5.75 Å². The van der Waals surface area contributed by atoms with E-state index in [2.05, 4.69) is 30.6 Å². The number of carbonyl (C=O) groups is 1. The number of halogens is 1. The van der Waals surface area contributed by atoms with Gasteiger partial charge in [-0.1, -0.05) is 18.2 Å². The first kappa shape index (κ1) is 28.8. The summed E-state index contributed by atoms with van der Waals surface area (Å²) in [5.74, 6) is 0.508. The highest BCUT2D eigenvalue weighted by Gasteiger charge is 2.35. The lowest BCUT2D eigenvalue weighted by Crippen LogP contribution is -2.36. The fraction of sp³-hybridized carbons (Fsp3) is 0.273. The van der Waals surface area contributed by atoms with Gasteiger partial charge in [0.25, 0.3) is 0 Å². The fourth-order valence-corrected chi connectivity index (χ4v) is 5.86. The van der Waals surface area contributed by atoms with Gasteiger partial charge in [0.15, 0.2) is 0 Å². The minimum atomic E-state index is -0.274. The molecule has 12 heteroatoms. The fourth-order valence-electron chi connectivity index (χ4n) is 5.86. The number of amides is 1. The van der Waals surface area contributed by atoms with Gasteiger partial charge in [0.1, 0.15) is 23.7 Å². The highest BCUT2D eigenvalue weighted by molar-refractivity contribution is 6.03. The Hall–Kier alpha value is -4.91. The molecule has 3 aromatic carbocycles. The van der Waals surface area contributed by atoms with Gasteiger partial charge in [-0.15, -0.1) is 0 Å². The monoisotopic (exact) mass is 609 g/mol. The number of anilines is 3. The zero-order valence-electron chi connectivity index (χ0n) is 24.6. The molecule has 4 heterocycles. The Labute approximate surface area is 258 Å². The van der Waals surface area contributed by atoms with E-state index in [-0.39, 0.29) is 23.9 Å². The number of rotatable bonds is 9. The molecule has 0 spiro atoms. The lowest BCUT2D eigenvalue weighted by Gasteiger charge is -2.24. The average molecular weight is 610 g/mol. The number of aromatic nitrogens is 4. The third-order valence-corrected chi connectivity index (χ3v) is 8.01. The van der Waals surface area contributed by atoms with E-state index < -0.39 is 0 Å². The summed E-state index contributed by atoms with van der Waals surface area (Å²) in [6.45, 7) is 3.91. The normalized spacial score (nSPS) is 18.4. The molecule has 2 aromatic heterocycles. The highest BCUT2D eigenvalue weighted by atomic mass is 19.1. The minimum absolute atomic E-state index is 0.0965. The lowest BCUT2D eigenvalue weighted by molar-refractivity contribution is -0.116. The maximum Gasteiger partial charge on any atom is 0.248 e. The van der Waals surface area contributed by atoms with Crippen molar-refractivity contribution in [2.75, 3.05) is 50.6 Å².